The number of carbonyl (C=O) groups excluding carboxylic acids is 1. The summed E-state index contributed by atoms with van der Waals surface area (Å²) in [4.78, 5) is 16.5. The Labute approximate surface area is 127 Å². The molecule has 1 aliphatic heterocycles. The maximum atomic E-state index is 12.2. The molecule has 1 atom stereocenters. The van der Waals surface area contributed by atoms with Crippen LogP contribution in [0.25, 0.3) is 0 Å². The van der Waals surface area contributed by atoms with Gasteiger partial charge in [0.05, 0.1) is 11.0 Å². The second-order valence-corrected chi connectivity index (χ2v) is 5.90. The molecule has 1 amide bonds. The lowest BCUT2D eigenvalue weighted by Crippen LogP contribution is -2.42. The van der Waals surface area contributed by atoms with E-state index in [-0.39, 0.29) is 11.9 Å². The summed E-state index contributed by atoms with van der Waals surface area (Å²) in [5.74, 6) is 0.754. The minimum atomic E-state index is -0.150. The van der Waals surface area contributed by atoms with Gasteiger partial charge in [0.1, 0.15) is 18.1 Å². The molecule has 0 radical (unpaired) electrons. The summed E-state index contributed by atoms with van der Waals surface area (Å²) < 4.78 is 5.67. The second kappa shape index (κ2) is 6.24. The molecule has 1 unspecified atom stereocenters. The molecule has 0 saturated heterocycles. The molecule has 0 spiro atoms. The van der Waals surface area contributed by atoms with Crippen molar-refractivity contribution in [2.45, 2.75) is 18.9 Å². The fourth-order valence-corrected chi connectivity index (χ4v) is 3.13. The van der Waals surface area contributed by atoms with Gasteiger partial charge in [-0.25, -0.2) is 4.98 Å². The van der Waals surface area contributed by atoms with E-state index < -0.39 is 0 Å². The lowest BCUT2D eigenvalue weighted by molar-refractivity contribution is 0.0911. The molecule has 3 rings (SSSR count). The molecule has 2 heterocycles. The van der Waals surface area contributed by atoms with Crippen molar-refractivity contribution < 1.29 is 9.53 Å². The van der Waals surface area contributed by atoms with Crippen LogP contribution in [0.5, 0.6) is 5.75 Å². The molecule has 110 valence electrons. The second-order valence-electron chi connectivity index (χ2n) is 4.96. The lowest BCUT2D eigenvalue weighted by Gasteiger charge is -2.25. The number of carbonyl (C=O) groups is 1. The molecule has 6 heteroatoms. The third kappa shape index (κ3) is 3.22. The normalized spacial score (nSPS) is 16.9. The number of aromatic nitrogens is 1. The van der Waals surface area contributed by atoms with Gasteiger partial charge in [0, 0.05) is 11.8 Å². The number of nitrogens with zero attached hydrogens (tertiary/aromatic N) is 1. The van der Waals surface area contributed by atoms with Gasteiger partial charge in [-0.1, -0.05) is 18.2 Å². The number of thiazole rings is 1. The zero-order valence-electron chi connectivity index (χ0n) is 11.5. The topological polar surface area (TPSA) is 77.2 Å². The summed E-state index contributed by atoms with van der Waals surface area (Å²) >= 11 is 1.47. The lowest BCUT2D eigenvalue weighted by atomic mass is 10.0. The van der Waals surface area contributed by atoms with Gasteiger partial charge in [0.15, 0.2) is 0 Å². The van der Waals surface area contributed by atoms with Crippen LogP contribution in [0.1, 0.15) is 21.1 Å². The SMILES string of the molecule is NCCc1nc(C(=O)NC2COc3ccccc3C2)cs1. The number of hydrogen-bond donors (Lipinski definition) is 2. The van der Waals surface area contributed by atoms with Crippen molar-refractivity contribution in [3.8, 4) is 5.75 Å². The van der Waals surface area contributed by atoms with Gasteiger partial charge in [-0.05, 0) is 24.6 Å². The Morgan fingerprint density at radius 3 is 3.19 bits per heavy atom. The first kappa shape index (κ1) is 14.0. The summed E-state index contributed by atoms with van der Waals surface area (Å²) in [6.45, 7) is 1.03. The number of hydrogen-bond acceptors (Lipinski definition) is 5. The molecule has 1 aliphatic rings. The van der Waals surface area contributed by atoms with Crippen molar-refractivity contribution in [3.05, 3.63) is 45.9 Å². The van der Waals surface area contributed by atoms with E-state index in [1.54, 1.807) is 5.38 Å². The highest BCUT2D eigenvalue weighted by atomic mass is 32.1. The van der Waals surface area contributed by atoms with E-state index in [0.717, 1.165) is 22.7 Å². The largest absolute Gasteiger partial charge is 0.491 e. The number of fused-ring (bicyclic) bond motifs is 1. The quantitative estimate of drug-likeness (QED) is 0.894. The van der Waals surface area contributed by atoms with E-state index in [0.29, 0.717) is 25.3 Å². The van der Waals surface area contributed by atoms with Crippen LogP contribution >= 0.6 is 11.3 Å². The summed E-state index contributed by atoms with van der Waals surface area (Å²) in [5.41, 5.74) is 7.07. The minimum absolute atomic E-state index is 0.0212. The molecule has 21 heavy (non-hydrogen) atoms. The highest BCUT2D eigenvalue weighted by Gasteiger charge is 2.22. The van der Waals surface area contributed by atoms with Gasteiger partial charge in [-0.3, -0.25) is 4.79 Å². The van der Waals surface area contributed by atoms with Crippen LogP contribution < -0.4 is 15.8 Å². The van der Waals surface area contributed by atoms with E-state index in [4.69, 9.17) is 10.5 Å². The fraction of sp³-hybridized carbons (Fsp3) is 0.333. The number of ether oxygens (including phenoxy) is 1. The standard InChI is InChI=1S/C15H17N3O2S/c16-6-5-14-18-12(9-21-14)15(19)17-11-7-10-3-1-2-4-13(10)20-8-11/h1-4,9,11H,5-8,16H2,(H,17,19). The van der Waals surface area contributed by atoms with Crippen molar-refractivity contribution in [2.75, 3.05) is 13.2 Å². The Hall–Kier alpha value is -1.92. The molecule has 3 N–H and O–H groups in total. The Morgan fingerprint density at radius 2 is 2.33 bits per heavy atom. The van der Waals surface area contributed by atoms with Crippen molar-refractivity contribution in [3.63, 3.8) is 0 Å². The zero-order valence-corrected chi connectivity index (χ0v) is 12.4. The van der Waals surface area contributed by atoms with Crippen LogP contribution in [-0.4, -0.2) is 30.1 Å². The highest BCUT2D eigenvalue weighted by Crippen LogP contribution is 2.24. The maximum absolute atomic E-state index is 12.2. The number of benzene rings is 1. The Kier molecular flexibility index (Phi) is 4.17. The monoisotopic (exact) mass is 303 g/mol. The summed E-state index contributed by atoms with van der Waals surface area (Å²) in [7, 11) is 0. The summed E-state index contributed by atoms with van der Waals surface area (Å²) in [5, 5.41) is 5.65. The van der Waals surface area contributed by atoms with Gasteiger partial charge < -0.3 is 15.8 Å². The third-order valence-electron chi connectivity index (χ3n) is 3.36. The van der Waals surface area contributed by atoms with Crippen LogP contribution in [0, 0.1) is 0 Å². The van der Waals surface area contributed by atoms with Crippen LogP contribution in [0.3, 0.4) is 0 Å². The van der Waals surface area contributed by atoms with Crippen molar-refractivity contribution in [2.24, 2.45) is 5.73 Å². The molecule has 0 bridgehead atoms. The first-order valence-corrected chi connectivity index (χ1v) is 7.80. The van der Waals surface area contributed by atoms with E-state index >= 15 is 0 Å². The highest BCUT2D eigenvalue weighted by molar-refractivity contribution is 7.09. The van der Waals surface area contributed by atoms with Gasteiger partial charge in [0.2, 0.25) is 0 Å². The van der Waals surface area contributed by atoms with Gasteiger partial charge in [0.25, 0.3) is 5.91 Å². The average molecular weight is 303 g/mol. The molecule has 0 aliphatic carbocycles. The van der Waals surface area contributed by atoms with E-state index in [9.17, 15) is 4.79 Å². The smallest absolute Gasteiger partial charge is 0.271 e. The number of amides is 1. The number of nitrogens with one attached hydrogen (secondary N) is 1. The molecular formula is C15H17N3O2S. The molecule has 0 saturated carbocycles. The Morgan fingerprint density at radius 1 is 1.48 bits per heavy atom. The number of nitrogens with two attached hydrogens (primary N) is 1. The van der Waals surface area contributed by atoms with E-state index in [1.165, 1.54) is 11.3 Å². The average Bonchev–Trinajstić information content (AvgIpc) is 2.96. The van der Waals surface area contributed by atoms with Gasteiger partial charge in [-0.15, -0.1) is 11.3 Å². The first-order chi connectivity index (χ1) is 10.3. The Bertz CT molecular complexity index is 641. The van der Waals surface area contributed by atoms with Crippen molar-refractivity contribution in [1.82, 2.24) is 10.3 Å². The predicted molar refractivity (Wildman–Crippen MR) is 81.8 cm³/mol. The summed E-state index contributed by atoms with van der Waals surface area (Å²) in [6.07, 6.45) is 1.49. The summed E-state index contributed by atoms with van der Waals surface area (Å²) in [6, 6.07) is 7.88. The Balaban J connectivity index is 1.63. The molecular weight excluding hydrogens is 286 g/mol. The fourth-order valence-electron chi connectivity index (χ4n) is 2.33. The van der Waals surface area contributed by atoms with E-state index in [1.807, 2.05) is 24.3 Å². The molecule has 1 aromatic heterocycles. The van der Waals surface area contributed by atoms with Crippen molar-refractivity contribution >= 4 is 17.2 Å². The van der Waals surface area contributed by atoms with E-state index in [2.05, 4.69) is 10.3 Å². The molecule has 5 nitrogen and oxygen atoms in total. The van der Waals surface area contributed by atoms with Crippen LogP contribution in [-0.2, 0) is 12.8 Å². The third-order valence-corrected chi connectivity index (χ3v) is 4.27. The number of para-hydroxylation sites is 1. The van der Waals surface area contributed by atoms with Gasteiger partial charge in [-0.2, -0.15) is 0 Å². The maximum Gasteiger partial charge on any atom is 0.271 e. The molecule has 1 aromatic carbocycles. The number of rotatable bonds is 4. The van der Waals surface area contributed by atoms with Crippen LogP contribution in [0.2, 0.25) is 0 Å². The predicted octanol–water partition coefficient (Wildman–Crippen LogP) is 1.38. The van der Waals surface area contributed by atoms with Crippen molar-refractivity contribution in [1.29, 1.82) is 0 Å². The molecule has 2 aromatic rings. The van der Waals surface area contributed by atoms with Gasteiger partial charge >= 0.3 is 0 Å². The van der Waals surface area contributed by atoms with Crippen LogP contribution in [0.15, 0.2) is 29.6 Å². The first-order valence-electron chi connectivity index (χ1n) is 6.92. The minimum Gasteiger partial charge on any atom is -0.491 e. The zero-order chi connectivity index (χ0) is 14.7. The van der Waals surface area contributed by atoms with Crippen LogP contribution in [0.4, 0.5) is 0 Å². The molecule has 0 fully saturated rings.